The number of methoxy groups -OCH3 is 1. The fourth-order valence-corrected chi connectivity index (χ4v) is 5.41. The van der Waals surface area contributed by atoms with Gasteiger partial charge in [0.2, 0.25) is 10.9 Å². The first kappa shape index (κ1) is 23.8. The smallest absolute Gasteiger partial charge is 0.291 e. The summed E-state index contributed by atoms with van der Waals surface area (Å²) in [5.41, 5.74) is 2.21. The molecule has 1 N–H and O–H groups in total. The van der Waals surface area contributed by atoms with Crippen LogP contribution in [0.4, 0.5) is 11.4 Å². The van der Waals surface area contributed by atoms with Crippen molar-refractivity contribution in [3.63, 3.8) is 0 Å². The van der Waals surface area contributed by atoms with E-state index in [1.807, 2.05) is 12.1 Å². The molecule has 2 aromatic heterocycles. The maximum Gasteiger partial charge on any atom is 0.291 e. The summed E-state index contributed by atoms with van der Waals surface area (Å²) in [6.07, 6.45) is 0. The number of ether oxygens (including phenoxy) is 1. The zero-order valence-electron chi connectivity index (χ0n) is 19.8. The summed E-state index contributed by atoms with van der Waals surface area (Å²) in [6.45, 7) is -0.224. The third kappa shape index (κ3) is 4.09. The van der Waals surface area contributed by atoms with Crippen LogP contribution in [-0.4, -0.2) is 40.1 Å². The van der Waals surface area contributed by atoms with Crippen LogP contribution >= 0.6 is 22.9 Å². The van der Waals surface area contributed by atoms with E-state index in [0.717, 1.165) is 16.9 Å². The Hall–Kier alpha value is -4.54. The standard InChI is InChI=1S/C27H18ClN5O4S/c1-37-18-12-6-15(7-13-18)24-30-27-33(31-24)26(36)23(38-27)22-19-4-2-3-5-20(19)32(25(22)35)14-21(34)29-17-10-8-16(28)9-11-17/h2-13H,14H2,1H3,(H,29,34)/b23-22-. The van der Waals surface area contributed by atoms with E-state index in [2.05, 4.69) is 15.4 Å². The number of fused-ring (bicyclic) bond motifs is 2. The number of amides is 2. The normalized spacial score (nSPS) is 14.2. The van der Waals surface area contributed by atoms with Gasteiger partial charge in [-0.1, -0.05) is 41.1 Å². The molecule has 11 heteroatoms. The number of hydrogen-bond donors (Lipinski definition) is 1. The van der Waals surface area contributed by atoms with Crippen LogP contribution in [0.25, 0.3) is 21.9 Å². The Morgan fingerprint density at radius 1 is 1.03 bits per heavy atom. The molecule has 1 aliphatic rings. The first-order valence-electron chi connectivity index (χ1n) is 11.5. The van der Waals surface area contributed by atoms with Gasteiger partial charge in [-0.3, -0.25) is 19.3 Å². The number of nitrogens with one attached hydrogen (secondary N) is 1. The number of carbonyl (C=O) groups is 2. The second-order valence-electron chi connectivity index (χ2n) is 8.43. The molecular weight excluding hydrogens is 526 g/mol. The van der Waals surface area contributed by atoms with Crippen LogP contribution < -0.4 is 25.0 Å². The molecule has 38 heavy (non-hydrogen) atoms. The van der Waals surface area contributed by atoms with E-state index in [0.29, 0.717) is 38.5 Å². The third-order valence-electron chi connectivity index (χ3n) is 6.09. The average molecular weight is 544 g/mol. The zero-order chi connectivity index (χ0) is 26.4. The van der Waals surface area contributed by atoms with Gasteiger partial charge in [0.1, 0.15) is 16.8 Å². The third-order valence-corrected chi connectivity index (χ3v) is 7.37. The highest BCUT2D eigenvalue weighted by atomic mass is 35.5. The Balaban J connectivity index is 1.37. The van der Waals surface area contributed by atoms with Crippen molar-refractivity contribution in [3.8, 4) is 17.1 Å². The molecule has 0 fully saturated rings. The predicted molar refractivity (Wildman–Crippen MR) is 146 cm³/mol. The molecule has 0 radical (unpaired) electrons. The molecule has 1 aliphatic heterocycles. The van der Waals surface area contributed by atoms with Gasteiger partial charge in [-0.05, 0) is 54.6 Å². The Bertz CT molecular complexity index is 1830. The monoisotopic (exact) mass is 543 g/mol. The van der Waals surface area contributed by atoms with Crippen LogP contribution in [0.5, 0.6) is 5.75 Å². The quantitative estimate of drug-likeness (QED) is 0.364. The van der Waals surface area contributed by atoms with Gasteiger partial charge in [0, 0.05) is 21.8 Å². The van der Waals surface area contributed by atoms with Crippen molar-refractivity contribution in [2.45, 2.75) is 0 Å². The van der Waals surface area contributed by atoms with E-state index in [4.69, 9.17) is 16.3 Å². The maximum atomic E-state index is 13.6. The SMILES string of the molecule is COc1ccc(-c2nc3s/c(=C4\C(=O)N(CC(=O)Nc5ccc(Cl)cc5)c5ccccc54)c(=O)n3n2)cc1. The van der Waals surface area contributed by atoms with Gasteiger partial charge in [0.05, 0.1) is 18.4 Å². The predicted octanol–water partition coefficient (Wildman–Crippen LogP) is 3.38. The molecule has 5 aromatic rings. The average Bonchev–Trinajstić information content (AvgIpc) is 3.56. The van der Waals surface area contributed by atoms with Gasteiger partial charge < -0.3 is 10.1 Å². The molecule has 9 nitrogen and oxygen atoms in total. The van der Waals surface area contributed by atoms with Gasteiger partial charge in [0.15, 0.2) is 5.82 Å². The van der Waals surface area contributed by atoms with Crippen LogP contribution in [0.15, 0.2) is 77.6 Å². The highest BCUT2D eigenvalue weighted by Gasteiger charge is 2.35. The molecule has 0 spiro atoms. The fraction of sp³-hybridized carbons (Fsp3) is 0.0741. The van der Waals surface area contributed by atoms with Crippen LogP contribution in [0, 0.1) is 0 Å². The number of aromatic nitrogens is 3. The summed E-state index contributed by atoms with van der Waals surface area (Å²) >= 11 is 7.00. The lowest BCUT2D eigenvalue weighted by Crippen LogP contribution is -2.37. The number of benzene rings is 3. The summed E-state index contributed by atoms with van der Waals surface area (Å²) < 4.78 is 6.61. The first-order chi connectivity index (χ1) is 18.4. The van der Waals surface area contributed by atoms with E-state index in [9.17, 15) is 14.4 Å². The van der Waals surface area contributed by atoms with E-state index in [1.54, 1.807) is 67.8 Å². The Morgan fingerprint density at radius 2 is 1.76 bits per heavy atom. The summed E-state index contributed by atoms with van der Waals surface area (Å²) in [4.78, 5) is 46.0. The Kier molecular flexibility index (Phi) is 5.90. The van der Waals surface area contributed by atoms with Gasteiger partial charge in [-0.25, -0.2) is 0 Å². The topological polar surface area (TPSA) is 106 Å². The molecule has 0 unspecified atom stereocenters. The molecule has 3 heterocycles. The molecule has 0 atom stereocenters. The number of para-hydroxylation sites is 1. The van der Waals surface area contributed by atoms with Crippen molar-refractivity contribution < 1.29 is 14.3 Å². The fourth-order valence-electron chi connectivity index (χ4n) is 4.28. The molecule has 0 bridgehead atoms. The van der Waals surface area contributed by atoms with Crippen molar-refractivity contribution >= 4 is 56.7 Å². The number of carbonyl (C=O) groups excluding carboxylic acids is 2. The largest absolute Gasteiger partial charge is 0.497 e. The van der Waals surface area contributed by atoms with Gasteiger partial charge in [-0.15, -0.1) is 5.10 Å². The minimum Gasteiger partial charge on any atom is -0.497 e. The van der Waals surface area contributed by atoms with Crippen LogP contribution in [-0.2, 0) is 9.59 Å². The highest BCUT2D eigenvalue weighted by molar-refractivity contribution is 7.15. The summed E-state index contributed by atoms with van der Waals surface area (Å²) in [6, 6.07) is 20.9. The molecule has 0 saturated carbocycles. The number of rotatable bonds is 5. The van der Waals surface area contributed by atoms with Crippen LogP contribution in [0.2, 0.25) is 5.02 Å². The molecule has 188 valence electrons. The molecule has 3 aromatic carbocycles. The van der Waals surface area contributed by atoms with Crippen LogP contribution in [0.3, 0.4) is 0 Å². The lowest BCUT2D eigenvalue weighted by molar-refractivity contribution is -0.118. The van der Waals surface area contributed by atoms with E-state index in [-0.39, 0.29) is 22.6 Å². The van der Waals surface area contributed by atoms with Gasteiger partial charge in [0.25, 0.3) is 11.5 Å². The zero-order valence-corrected chi connectivity index (χ0v) is 21.4. The van der Waals surface area contributed by atoms with Crippen molar-refractivity contribution in [1.29, 1.82) is 0 Å². The second kappa shape index (κ2) is 9.40. The summed E-state index contributed by atoms with van der Waals surface area (Å²) in [7, 11) is 1.58. The van der Waals surface area contributed by atoms with Crippen molar-refractivity contribution in [2.75, 3.05) is 23.9 Å². The van der Waals surface area contributed by atoms with Gasteiger partial charge >= 0.3 is 0 Å². The van der Waals surface area contributed by atoms with Crippen molar-refractivity contribution in [2.24, 2.45) is 0 Å². The Labute approximate surface area is 224 Å². The van der Waals surface area contributed by atoms with Crippen molar-refractivity contribution in [3.05, 3.63) is 98.3 Å². The summed E-state index contributed by atoms with van der Waals surface area (Å²) in [5, 5.41) is 7.70. The molecular formula is C27H18ClN5O4S. The van der Waals surface area contributed by atoms with E-state index in [1.165, 1.54) is 9.42 Å². The number of nitrogens with zero attached hydrogens (tertiary/aromatic N) is 4. The molecule has 6 rings (SSSR count). The number of halogens is 1. The summed E-state index contributed by atoms with van der Waals surface area (Å²) in [5.74, 6) is 0.272. The Morgan fingerprint density at radius 3 is 2.47 bits per heavy atom. The first-order valence-corrected chi connectivity index (χ1v) is 12.7. The number of anilines is 2. The molecule has 0 saturated heterocycles. The van der Waals surface area contributed by atoms with E-state index >= 15 is 0 Å². The maximum absolute atomic E-state index is 13.6. The number of thiazole rings is 1. The second-order valence-corrected chi connectivity index (χ2v) is 9.85. The van der Waals surface area contributed by atoms with Crippen LogP contribution in [0.1, 0.15) is 5.56 Å². The lowest BCUT2D eigenvalue weighted by atomic mass is 10.1. The minimum atomic E-state index is -0.442. The minimum absolute atomic E-state index is 0.222. The van der Waals surface area contributed by atoms with E-state index < -0.39 is 11.5 Å². The molecule has 2 amide bonds. The number of hydrogen-bond acceptors (Lipinski definition) is 7. The molecule has 0 aliphatic carbocycles. The van der Waals surface area contributed by atoms with Gasteiger partial charge in [-0.2, -0.15) is 9.50 Å². The van der Waals surface area contributed by atoms with Crippen molar-refractivity contribution in [1.82, 2.24) is 14.6 Å². The highest BCUT2D eigenvalue weighted by Crippen LogP contribution is 2.35. The lowest BCUT2D eigenvalue weighted by Gasteiger charge is -2.16.